The maximum absolute atomic E-state index is 10.1. The number of aliphatic imine (C=N–C) groups is 1. The normalized spacial score (nSPS) is 19.3. The van der Waals surface area contributed by atoms with Gasteiger partial charge in [-0.1, -0.05) is 12.1 Å². The van der Waals surface area contributed by atoms with Gasteiger partial charge in [0, 0.05) is 45.0 Å². The zero-order valence-electron chi connectivity index (χ0n) is 16.7. The van der Waals surface area contributed by atoms with Crippen LogP contribution in [0.2, 0.25) is 0 Å². The lowest BCUT2D eigenvalue weighted by Crippen LogP contribution is -2.52. The average Bonchev–Trinajstić information content (AvgIpc) is 3.50. The maximum Gasteiger partial charge on any atom is 0.194 e. The molecule has 1 aromatic rings. The molecule has 3 rings (SSSR count). The molecule has 2 N–H and O–H groups in total. The summed E-state index contributed by atoms with van der Waals surface area (Å²) in [4.78, 5) is 9.35. The number of aliphatic hydroxyl groups excluding tert-OH is 1. The van der Waals surface area contributed by atoms with Gasteiger partial charge >= 0.3 is 0 Å². The van der Waals surface area contributed by atoms with Gasteiger partial charge in [-0.3, -0.25) is 4.99 Å². The number of nitrogens with zero attached hydrogens (tertiary/aromatic N) is 3. The van der Waals surface area contributed by atoms with Crippen LogP contribution in [-0.2, 0) is 4.74 Å². The molecule has 0 bridgehead atoms. The molecule has 1 aromatic carbocycles. The lowest BCUT2D eigenvalue weighted by Gasteiger charge is -2.38. The zero-order chi connectivity index (χ0) is 19.1. The first kappa shape index (κ1) is 20.0. The Kier molecular flexibility index (Phi) is 7.35. The van der Waals surface area contributed by atoms with Crippen molar-refractivity contribution in [3.63, 3.8) is 0 Å². The number of guanidine groups is 1. The van der Waals surface area contributed by atoms with Gasteiger partial charge in [-0.25, -0.2) is 0 Å². The van der Waals surface area contributed by atoms with Crippen molar-refractivity contribution in [2.45, 2.75) is 32.8 Å². The number of piperazine rings is 1. The minimum Gasteiger partial charge on any atom is -0.389 e. The summed E-state index contributed by atoms with van der Waals surface area (Å²) in [5.74, 6) is 1.62. The summed E-state index contributed by atoms with van der Waals surface area (Å²) in [7, 11) is 0. The molecule has 0 aromatic heterocycles. The van der Waals surface area contributed by atoms with E-state index in [1.807, 2.05) is 0 Å². The third-order valence-electron chi connectivity index (χ3n) is 5.09. The highest BCUT2D eigenvalue weighted by molar-refractivity contribution is 5.80. The molecule has 0 amide bonds. The van der Waals surface area contributed by atoms with Crippen molar-refractivity contribution in [2.24, 2.45) is 10.9 Å². The second kappa shape index (κ2) is 9.95. The Hall–Kier alpha value is -1.79. The zero-order valence-corrected chi connectivity index (χ0v) is 16.7. The van der Waals surface area contributed by atoms with Crippen molar-refractivity contribution in [2.75, 3.05) is 57.4 Å². The number of aliphatic hydroxyl groups is 1. The molecule has 2 aliphatic rings. The number of aryl methyl sites for hydroxylation is 1. The SMILES string of the molecule is CCNC(=NCC(O)COCC1CC1)N1CCN(c2cccc(C)c2)CC1. The molecule has 150 valence electrons. The van der Waals surface area contributed by atoms with Crippen molar-refractivity contribution < 1.29 is 9.84 Å². The first-order chi connectivity index (χ1) is 13.2. The highest BCUT2D eigenvalue weighted by atomic mass is 16.5. The Bertz CT molecular complexity index is 610. The van der Waals surface area contributed by atoms with E-state index in [2.05, 4.69) is 58.2 Å². The molecule has 1 unspecified atom stereocenters. The van der Waals surface area contributed by atoms with Crippen molar-refractivity contribution in [1.29, 1.82) is 0 Å². The van der Waals surface area contributed by atoms with Crippen LogP contribution in [0.3, 0.4) is 0 Å². The Morgan fingerprint density at radius 1 is 1.30 bits per heavy atom. The van der Waals surface area contributed by atoms with Crippen LogP contribution >= 0.6 is 0 Å². The van der Waals surface area contributed by atoms with E-state index >= 15 is 0 Å². The maximum atomic E-state index is 10.1. The van der Waals surface area contributed by atoms with Gasteiger partial charge in [0.2, 0.25) is 0 Å². The fourth-order valence-electron chi connectivity index (χ4n) is 3.33. The minimum atomic E-state index is -0.536. The molecule has 6 nitrogen and oxygen atoms in total. The second-order valence-corrected chi connectivity index (χ2v) is 7.64. The minimum absolute atomic E-state index is 0.376. The van der Waals surface area contributed by atoms with Crippen LogP contribution in [-0.4, -0.2) is 74.6 Å². The standard InChI is InChI=1S/C21H34N4O2/c1-3-22-21(23-14-20(26)16-27-15-18-7-8-18)25-11-9-24(10-12-25)19-6-4-5-17(2)13-19/h4-6,13,18,20,26H,3,7-12,14-16H2,1-2H3,(H,22,23). The topological polar surface area (TPSA) is 60.3 Å². The number of rotatable bonds is 8. The van der Waals surface area contributed by atoms with Crippen LogP contribution in [0.4, 0.5) is 5.69 Å². The van der Waals surface area contributed by atoms with Crippen LogP contribution in [0, 0.1) is 12.8 Å². The molecule has 1 aliphatic carbocycles. The Balaban J connectivity index is 1.47. The quantitative estimate of drug-likeness (QED) is 0.537. The molecule has 1 saturated heterocycles. The smallest absolute Gasteiger partial charge is 0.194 e. The number of hydrogen-bond acceptors (Lipinski definition) is 4. The molecule has 1 atom stereocenters. The van der Waals surface area contributed by atoms with Crippen molar-refractivity contribution >= 4 is 11.6 Å². The van der Waals surface area contributed by atoms with E-state index < -0.39 is 6.10 Å². The largest absolute Gasteiger partial charge is 0.389 e. The monoisotopic (exact) mass is 374 g/mol. The fourth-order valence-corrected chi connectivity index (χ4v) is 3.33. The van der Waals surface area contributed by atoms with E-state index in [9.17, 15) is 5.11 Å². The van der Waals surface area contributed by atoms with E-state index in [0.29, 0.717) is 13.2 Å². The number of benzene rings is 1. The number of anilines is 1. The van der Waals surface area contributed by atoms with Gasteiger partial charge in [0.15, 0.2) is 5.96 Å². The third kappa shape index (κ3) is 6.40. The molecule has 1 heterocycles. The Labute approximate surface area is 163 Å². The van der Waals surface area contributed by atoms with Crippen LogP contribution in [0.5, 0.6) is 0 Å². The van der Waals surface area contributed by atoms with Crippen molar-refractivity contribution in [1.82, 2.24) is 10.2 Å². The van der Waals surface area contributed by atoms with Crippen LogP contribution in [0.1, 0.15) is 25.3 Å². The van der Waals surface area contributed by atoms with Gasteiger partial charge in [-0.2, -0.15) is 0 Å². The van der Waals surface area contributed by atoms with Gasteiger partial charge in [0.05, 0.1) is 19.3 Å². The molecule has 0 spiro atoms. The predicted octanol–water partition coefficient (Wildman–Crippen LogP) is 1.87. The highest BCUT2D eigenvalue weighted by Gasteiger charge is 2.22. The van der Waals surface area contributed by atoms with Crippen LogP contribution in [0.25, 0.3) is 0 Å². The number of hydrogen-bond donors (Lipinski definition) is 2. The molecule has 1 saturated carbocycles. The summed E-state index contributed by atoms with van der Waals surface area (Å²) in [5.41, 5.74) is 2.59. The fraction of sp³-hybridized carbons (Fsp3) is 0.667. The molecular formula is C21H34N4O2. The third-order valence-corrected chi connectivity index (χ3v) is 5.09. The first-order valence-electron chi connectivity index (χ1n) is 10.3. The summed E-state index contributed by atoms with van der Waals surface area (Å²) in [6, 6.07) is 8.68. The Morgan fingerprint density at radius 3 is 2.74 bits per heavy atom. The lowest BCUT2D eigenvalue weighted by atomic mass is 10.2. The van der Waals surface area contributed by atoms with Gasteiger partial charge in [-0.15, -0.1) is 0 Å². The van der Waals surface area contributed by atoms with E-state index in [4.69, 9.17) is 4.74 Å². The summed E-state index contributed by atoms with van der Waals surface area (Å²) in [6.45, 7) is 10.4. The second-order valence-electron chi connectivity index (χ2n) is 7.64. The first-order valence-corrected chi connectivity index (χ1v) is 10.3. The molecule has 6 heteroatoms. The molecule has 0 radical (unpaired) electrons. The van der Waals surface area contributed by atoms with Crippen LogP contribution < -0.4 is 10.2 Å². The number of ether oxygens (including phenoxy) is 1. The van der Waals surface area contributed by atoms with Gasteiger partial charge in [-0.05, 0) is 50.3 Å². The van der Waals surface area contributed by atoms with Crippen molar-refractivity contribution in [3.05, 3.63) is 29.8 Å². The highest BCUT2D eigenvalue weighted by Crippen LogP contribution is 2.28. The van der Waals surface area contributed by atoms with Crippen LogP contribution in [0.15, 0.2) is 29.3 Å². The van der Waals surface area contributed by atoms with E-state index in [0.717, 1.165) is 51.2 Å². The predicted molar refractivity (Wildman–Crippen MR) is 110 cm³/mol. The molecule has 2 fully saturated rings. The van der Waals surface area contributed by atoms with Gasteiger partial charge in [0.1, 0.15) is 0 Å². The molecular weight excluding hydrogens is 340 g/mol. The lowest BCUT2D eigenvalue weighted by molar-refractivity contribution is 0.0367. The Morgan fingerprint density at radius 2 is 2.07 bits per heavy atom. The average molecular weight is 375 g/mol. The molecule has 1 aliphatic heterocycles. The molecule has 27 heavy (non-hydrogen) atoms. The van der Waals surface area contributed by atoms with Crippen molar-refractivity contribution in [3.8, 4) is 0 Å². The van der Waals surface area contributed by atoms with E-state index in [1.165, 1.54) is 24.1 Å². The summed E-state index contributed by atoms with van der Waals surface area (Å²) in [5, 5.41) is 13.5. The number of nitrogens with one attached hydrogen (secondary N) is 1. The summed E-state index contributed by atoms with van der Waals surface area (Å²) >= 11 is 0. The summed E-state index contributed by atoms with van der Waals surface area (Å²) < 4.78 is 5.57. The summed E-state index contributed by atoms with van der Waals surface area (Å²) in [6.07, 6.45) is 2.01. The van der Waals surface area contributed by atoms with Gasteiger partial charge in [0.25, 0.3) is 0 Å². The van der Waals surface area contributed by atoms with E-state index in [-0.39, 0.29) is 0 Å². The van der Waals surface area contributed by atoms with Gasteiger partial charge < -0.3 is 25.0 Å². The van der Waals surface area contributed by atoms with E-state index in [1.54, 1.807) is 0 Å².